The summed E-state index contributed by atoms with van der Waals surface area (Å²) >= 11 is 0. The maximum atomic E-state index is 13.1. The summed E-state index contributed by atoms with van der Waals surface area (Å²) in [5.41, 5.74) is 4.83. The third-order valence-corrected chi connectivity index (χ3v) is 5.50. The van der Waals surface area contributed by atoms with Gasteiger partial charge in [0, 0.05) is 12.1 Å². The van der Waals surface area contributed by atoms with Crippen LogP contribution in [-0.4, -0.2) is 15.9 Å². The Balaban J connectivity index is 1.80. The molecule has 4 rings (SSSR count). The van der Waals surface area contributed by atoms with Crippen LogP contribution in [0.3, 0.4) is 0 Å². The lowest BCUT2D eigenvalue weighted by Crippen LogP contribution is -2.29. The topological polar surface area (TPSA) is 40.5 Å². The van der Waals surface area contributed by atoms with Crippen molar-refractivity contribution < 1.29 is 9.90 Å². The molecule has 0 fully saturated rings. The smallest absolute Gasteiger partial charge is 0.290 e. The Kier molecular flexibility index (Phi) is 5.22. The quantitative estimate of drug-likeness (QED) is 0.599. The molecular weight excluding hydrogens is 358 g/mol. The van der Waals surface area contributed by atoms with E-state index in [-0.39, 0.29) is 17.7 Å². The summed E-state index contributed by atoms with van der Waals surface area (Å²) in [4.78, 5) is 14.8. The minimum absolute atomic E-state index is 0.162. The Labute approximate surface area is 171 Å². The van der Waals surface area contributed by atoms with Crippen LogP contribution in [0.1, 0.15) is 48.1 Å². The van der Waals surface area contributed by atoms with E-state index >= 15 is 0 Å². The maximum absolute atomic E-state index is 13.1. The number of nitrogens with zero attached hydrogens (tertiary/aromatic N) is 1. The van der Waals surface area contributed by atoms with Gasteiger partial charge in [-0.2, -0.15) is 0 Å². The number of aliphatic hydroxyl groups is 1. The lowest BCUT2D eigenvalue weighted by molar-refractivity contribution is -0.130. The fraction of sp³-hybridized carbons (Fsp3) is 0.192. The molecule has 0 saturated heterocycles. The molecule has 29 heavy (non-hydrogen) atoms. The SMILES string of the molecule is CC(C)c1ccc(C2C(c3ccccc3)=C(O)C(=O)N2Cc2ccccc2)cc1. The van der Waals surface area contributed by atoms with Gasteiger partial charge in [-0.1, -0.05) is 98.8 Å². The standard InChI is InChI=1S/C26H25NO2/c1-18(2)20-13-15-22(16-14-20)24-23(21-11-7-4-8-12-21)25(28)26(29)27(24)17-19-9-5-3-6-10-19/h3-16,18,24,28H,17H2,1-2H3. The number of rotatable bonds is 5. The van der Waals surface area contributed by atoms with Crippen molar-refractivity contribution in [1.82, 2.24) is 4.90 Å². The molecule has 0 aromatic heterocycles. The predicted molar refractivity (Wildman–Crippen MR) is 116 cm³/mol. The molecule has 1 heterocycles. The minimum atomic E-state index is -0.328. The molecule has 0 spiro atoms. The molecule has 0 aliphatic carbocycles. The third-order valence-electron chi connectivity index (χ3n) is 5.50. The van der Waals surface area contributed by atoms with E-state index < -0.39 is 0 Å². The molecule has 1 atom stereocenters. The summed E-state index contributed by atoms with van der Waals surface area (Å²) in [7, 11) is 0. The largest absolute Gasteiger partial charge is 0.503 e. The van der Waals surface area contributed by atoms with Crippen LogP contribution >= 0.6 is 0 Å². The number of carbonyl (C=O) groups is 1. The highest BCUT2D eigenvalue weighted by atomic mass is 16.3. The van der Waals surface area contributed by atoms with E-state index in [1.165, 1.54) is 5.56 Å². The number of benzene rings is 3. The zero-order valence-corrected chi connectivity index (χ0v) is 16.7. The van der Waals surface area contributed by atoms with Gasteiger partial charge in [-0.25, -0.2) is 0 Å². The van der Waals surface area contributed by atoms with E-state index in [0.29, 0.717) is 18.0 Å². The first-order valence-electron chi connectivity index (χ1n) is 9.99. The van der Waals surface area contributed by atoms with Gasteiger partial charge in [0.15, 0.2) is 5.76 Å². The van der Waals surface area contributed by atoms with Crippen molar-refractivity contribution in [2.45, 2.75) is 32.4 Å². The molecule has 146 valence electrons. The fourth-order valence-electron chi connectivity index (χ4n) is 3.92. The monoisotopic (exact) mass is 383 g/mol. The molecule has 1 unspecified atom stereocenters. The molecule has 3 aromatic rings. The van der Waals surface area contributed by atoms with Gasteiger partial charge in [0.25, 0.3) is 5.91 Å². The molecule has 0 radical (unpaired) electrons. The van der Waals surface area contributed by atoms with Gasteiger partial charge >= 0.3 is 0 Å². The first kappa shape index (κ1) is 19.0. The van der Waals surface area contributed by atoms with Gasteiger partial charge < -0.3 is 10.0 Å². The Morgan fingerprint density at radius 3 is 2.03 bits per heavy atom. The van der Waals surface area contributed by atoms with Crippen LogP contribution in [0.15, 0.2) is 90.7 Å². The van der Waals surface area contributed by atoms with Crippen molar-refractivity contribution >= 4 is 11.5 Å². The van der Waals surface area contributed by atoms with Gasteiger partial charge in [0.1, 0.15) is 0 Å². The van der Waals surface area contributed by atoms with Gasteiger partial charge in [0.05, 0.1) is 6.04 Å². The molecule has 0 saturated carbocycles. The average molecular weight is 383 g/mol. The Bertz CT molecular complexity index is 1020. The highest BCUT2D eigenvalue weighted by Gasteiger charge is 2.40. The van der Waals surface area contributed by atoms with E-state index in [4.69, 9.17) is 0 Å². The highest BCUT2D eigenvalue weighted by molar-refractivity contribution is 6.05. The van der Waals surface area contributed by atoms with Crippen LogP contribution in [-0.2, 0) is 11.3 Å². The fourth-order valence-corrected chi connectivity index (χ4v) is 3.92. The Morgan fingerprint density at radius 2 is 1.45 bits per heavy atom. The zero-order chi connectivity index (χ0) is 20.4. The summed E-state index contributed by atoms with van der Waals surface area (Å²) in [5.74, 6) is -0.0528. The van der Waals surface area contributed by atoms with E-state index in [1.807, 2.05) is 60.7 Å². The van der Waals surface area contributed by atoms with E-state index in [2.05, 4.69) is 38.1 Å². The molecule has 3 heteroatoms. The summed E-state index contributed by atoms with van der Waals surface area (Å²) < 4.78 is 0. The number of hydrogen-bond donors (Lipinski definition) is 1. The van der Waals surface area contributed by atoms with Gasteiger partial charge in [0.2, 0.25) is 0 Å². The molecule has 0 bridgehead atoms. The van der Waals surface area contributed by atoms with Crippen LogP contribution in [0.2, 0.25) is 0 Å². The second-order valence-electron chi connectivity index (χ2n) is 7.77. The summed E-state index contributed by atoms with van der Waals surface area (Å²) in [6, 6.07) is 27.6. The first-order valence-corrected chi connectivity index (χ1v) is 9.99. The average Bonchev–Trinajstić information content (AvgIpc) is 3.00. The van der Waals surface area contributed by atoms with E-state index in [9.17, 15) is 9.90 Å². The first-order chi connectivity index (χ1) is 14.1. The van der Waals surface area contributed by atoms with Crippen molar-refractivity contribution in [1.29, 1.82) is 0 Å². The predicted octanol–water partition coefficient (Wildman–Crippen LogP) is 5.86. The summed E-state index contributed by atoms with van der Waals surface area (Å²) in [5, 5.41) is 10.8. The van der Waals surface area contributed by atoms with Crippen LogP contribution < -0.4 is 0 Å². The van der Waals surface area contributed by atoms with Crippen molar-refractivity contribution in [3.8, 4) is 0 Å². The normalized spacial score (nSPS) is 16.7. The minimum Gasteiger partial charge on any atom is -0.503 e. The van der Waals surface area contributed by atoms with Gasteiger partial charge in [-0.3, -0.25) is 4.79 Å². The van der Waals surface area contributed by atoms with Crippen molar-refractivity contribution in [2.75, 3.05) is 0 Å². The van der Waals surface area contributed by atoms with Crippen molar-refractivity contribution in [3.05, 3.63) is 113 Å². The number of aliphatic hydroxyl groups excluding tert-OH is 1. The Morgan fingerprint density at radius 1 is 0.862 bits per heavy atom. The van der Waals surface area contributed by atoms with E-state index in [0.717, 1.165) is 16.7 Å². The van der Waals surface area contributed by atoms with Crippen LogP contribution in [0.5, 0.6) is 0 Å². The van der Waals surface area contributed by atoms with E-state index in [1.54, 1.807) is 4.90 Å². The van der Waals surface area contributed by atoms with Crippen molar-refractivity contribution in [2.24, 2.45) is 0 Å². The second-order valence-corrected chi connectivity index (χ2v) is 7.77. The summed E-state index contributed by atoms with van der Waals surface area (Å²) in [6.45, 7) is 4.77. The van der Waals surface area contributed by atoms with Crippen molar-refractivity contribution in [3.63, 3.8) is 0 Å². The highest BCUT2D eigenvalue weighted by Crippen LogP contribution is 2.43. The van der Waals surface area contributed by atoms with Gasteiger partial charge in [-0.05, 0) is 28.2 Å². The molecule has 1 aliphatic heterocycles. The zero-order valence-electron chi connectivity index (χ0n) is 16.7. The molecular formula is C26H25NO2. The third kappa shape index (κ3) is 3.68. The lowest BCUT2D eigenvalue weighted by Gasteiger charge is -2.28. The van der Waals surface area contributed by atoms with Crippen LogP contribution in [0.25, 0.3) is 5.57 Å². The lowest BCUT2D eigenvalue weighted by atomic mass is 9.91. The molecule has 1 N–H and O–H groups in total. The second kappa shape index (κ2) is 7.96. The number of carbonyl (C=O) groups excluding carboxylic acids is 1. The maximum Gasteiger partial charge on any atom is 0.290 e. The number of hydrogen-bond acceptors (Lipinski definition) is 2. The van der Waals surface area contributed by atoms with Crippen LogP contribution in [0, 0.1) is 0 Å². The van der Waals surface area contributed by atoms with Gasteiger partial charge in [-0.15, -0.1) is 0 Å². The molecule has 1 amide bonds. The number of amides is 1. The molecule has 1 aliphatic rings. The molecule has 3 aromatic carbocycles. The molecule has 3 nitrogen and oxygen atoms in total. The van der Waals surface area contributed by atoms with Crippen LogP contribution in [0.4, 0.5) is 0 Å². The summed E-state index contributed by atoms with van der Waals surface area (Å²) in [6.07, 6.45) is 0. The Hall–Kier alpha value is -3.33.